The van der Waals surface area contributed by atoms with Crippen LogP contribution in [0.25, 0.3) is 0 Å². The van der Waals surface area contributed by atoms with E-state index in [2.05, 4.69) is 22.6 Å². The second-order valence-electron chi connectivity index (χ2n) is 7.69. The molecule has 0 radical (unpaired) electrons. The number of hydrogen-bond acceptors (Lipinski definition) is 3. The van der Waals surface area contributed by atoms with Crippen molar-refractivity contribution < 1.29 is 18.8 Å². The van der Waals surface area contributed by atoms with Gasteiger partial charge in [0.2, 0.25) is 5.91 Å². The molecule has 3 amide bonds. The summed E-state index contributed by atoms with van der Waals surface area (Å²) in [4.78, 5) is 42.1. The van der Waals surface area contributed by atoms with Gasteiger partial charge in [-0.15, -0.1) is 0 Å². The lowest BCUT2D eigenvalue weighted by molar-refractivity contribution is -0.122. The molecule has 1 aliphatic rings. The third kappa shape index (κ3) is 4.57. The van der Waals surface area contributed by atoms with Gasteiger partial charge in [-0.3, -0.25) is 14.4 Å². The molecule has 4 rings (SSSR count). The number of carbonyl (C=O) groups excluding carboxylic acids is 3. The van der Waals surface area contributed by atoms with Crippen LogP contribution in [0.15, 0.2) is 72.8 Å². The van der Waals surface area contributed by atoms with E-state index in [4.69, 9.17) is 0 Å². The van der Waals surface area contributed by atoms with Gasteiger partial charge < -0.3 is 4.90 Å². The van der Waals surface area contributed by atoms with E-state index in [0.29, 0.717) is 16.8 Å². The predicted octanol–water partition coefficient (Wildman–Crippen LogP) is 4.71. The van der Waals surface area contributed by atoms with Crippen molar-refractivity contribution in [1.29, 1.82) is 0 Å². The van der Waals surface area contributed by atoms with Crippen molar-refractivity contribution >= 4 is 46.0 Å². The van der Waals surface area contributed by atoms with Crippen molar-refractivity contribution in [1.82, 2.24) is 4.90 Å². The Bertz CT molecular complexity index is 1160. The highest BCUT2D eigenvalue weighted by Crippen LogP contribution is 2.28. The Morgan fingerprint density at radius 1 is 1.00 bits per heavy atom. The standard InChI is InChI=1S/C25H20FIN2O3/c1-16-2-6-18(7-3-16)24(31)28(15-17-4-8-19(26)9-5-17)22-14-23(30)29(25(22)32)21-12-10-20(27)11-13-21/h2-13,22H,14-15H2,1H3. The van der Waals surface area contributed by atoms with Gasteiger partial charge in [0, 0.05) is 15.7 Å². The Kier molecular flexibility index (Phi) is 6.36. The fraction of sp³-hybridized carbons (Fsp3) is 0.160. The fourth-order valence-electron chi connectivity index (χ4n) is 3.69. The summed E-state index contributed by atoms with van der Waals surface area (Å²) >= 11 is 2.15. The molecule has 0 saturated carbocycles. The second kappa shape index (κ2) is 9.20. The van der Waals surface area contributed by atoms with Gasteiger partial charge in [0.25, 0.3) is 11.8 Å². The van der Waals surface area contributed by atoms with Crippen molar-refractivity contribution in [2.24, 2.45) is 0 Å². The number of amides is 3. The van der Waals surface area contributed by atoms with Gasteiger partial charge in [-0.1, -0.05) is 29.8 Å². The smallest absolute Gasteiger partial charge is 0.257 e. The molecule has 1 saturated heterocycles. The molecule has 1 atom stereocenters. The minimum absolute atomic E-state index is 0.0806. The summed E-state index contributed by atoms with van der Waals surface area (Å²) in [6, 6.07) is 18.9. The molecule has 0 aliphatic carbocycles. The SMILES string of the molecule is Cc1ccc(C(=O)N(Cc2ccc(F)cc2)C2CC(=O)N(c3ccc(I)cc3)C2=O)cc1. The van der Waals surface area contributed by atoms with Crippen LogP contribution in [-0.4, -0.2) is 28.7 Å². The first-order valence-electron chi connectivity index (χ1n) is 10.1. The van der Waals surface area contributed by atoms with E-state index in [1.54, 1.807) is 36.4 Å². The first-order chi connectivity index (χ1) is 15.3. The molecule has 0 aromatic heterocycles. The summed E-state index contributed by atoms with van der Waals surface area (Å²) < 4.78 is 14.4. The Morgan fingerprint density at radius 2 is 1.62 bits per heavy atom. The maximum atomic E-state index is 13.4. The quantitative estimate of drug-likeness (QED) is 0.347. The highest BCUT2D eigenvalue weighted by molar-refractivity contribution is 14.1. The van der Waals surface area contributed by atoms with Crippen LogP contribution >= 0.6 is 22.6 Å². The van der Waals surface area contributed by atoms with Gasteiger partial charge in [0.05, 0.1) is 12.1 Å². The highest BCUT2D eigenvalue weighted by atomic mass is 127. The van der Waals surface area contributed by atoms with Crippen LogP contribution in [0, 0.1) is 16.3 Å². The number of anilines is 1. The number of hydrogen-bond donors (Lipinski definition) is 0. The largest absolute Gasteiger partial charge is 0.322 e. The highest BCUT2D eigenvalue weighted by Gasteiger charge is 2.44. The zero-order valence-corrected chi connectivity index (χ0v) is 19.5. The monoisotopic (exact) mass is 542 g/mol. The zero-order valence-electron chi connectivity index (χ0n) is 17.3. The molecular formula is C25H20FIN2O3. The van der Waals surface area contributed by atoms with Crippen LogP contribution in [0.3, 0.4) is 0 Å². The van der Waals surface area contributed by atoms with Gasteiger partial charge in [-0.25, -0.2) is 9.29 Å². The lowest BCUT2D eigenvalue weighted by Crippen LogP contribution is -2.45. The van der Waals surface area contributed by atoms with Crippen molar-refractivity contribution in [3.63, 3.8) is 0 Å². The number of nitrogens with zero attached hydrogens (tertiary/aromatic N) is 2. The number of aryl methyl sites for hydroxylation is 1. The molecule has 3 aromatic carbocycles. The summed E-state index contributed by atoms with van der Waals surface area (Å²) in [5.74, 6) is -1.55. The van der Waals surface area contributed by atoms with Crippen molar-refractivity contribution in [2.75, 3.05) is 4.90 Å². The van der Waals surface area contributed by atoms with Gasteiger partial charge in [-0.05, 0) is 83.6 Å². The Balaban J connectivity index is 1.68. The number of rotatable bonds is 5. The minimum Gasteiger partial charge on any atom is -0.322 e. The van der Waals surface area contributed by atoms with Crippen LogP contribution in [-0.2, 0) is 16.1 Å². The van der Waals surface area contributed by atoms with E-state index >= 15 is 0 Å². The number of carbonyl (C=O) groups is 3. The average molecular weight is 542 g/mol. The van der Waals surface area contributed by atoms with Crippen molar-refractivity contribution in [3.8, 4) is 0 Å². The summed E-state index contributed by atoms with van der Waals surface area (Å²) in [6.45, 7) is 2.00. The van der Waals surface area contributed by atoms with E-state index in [1.807, 2.05) is 31.2 Å². The van der Waals surface area contributed by atoms with Crippen molar-refractivity contribution in [3.05, 3.63) is 98.9 Å². The first kappa shape index (κ1) is 22.1. The minimum atomic E-state index is -0.944. The lowest BCUT2D eigenvalue weighted by atomic mass is 10.1. The third-order valence-electron chi connectivity index (χ3n) is 5.41. The van der Waals surface area contributed by atoms with Crippen LogP contribution in [0.4, 0.5) is 10.1 Å². The van der Waals surface area contributed by atoms with Gasteiger partial charge in [0.15, 0.2) is 0 Å². The molecule has 0 spiro atoms. The van der Waals surface area contributed by atoms with E-state index < -0.39 is 11.9 Å². The van der Waals surface area contributed by atoms with Crippen LogP contribution in [0.1, 0.15) is 27.9 Å². The molecule has 0 N–H and O–H groups in total. The summed E-state index contributed by atoms with van der Waals surface area (Å²) in [6.07, 6.45) is -0.108. The van der Waals surface area contributed by atoms with E-state index in [0.717, 1.165) is 14.0 Å². The van der Waals surface area contributed by atoms with E-state index in [9.17, 15) is 18.8 Å². The Morgan fingerprint density at radius 3 is 2.25 bits per heavy atom. The maximum Gasteiger partial charge on any atom is 0.257 e. The van der Waals surface area contributed by atoms with Crippen LogP contribution < -0.4 is 4.90 Å². The molecule has 32 heavy (non-hydrogen) atoms. The molecule has 1 fully saturated rings. The van der Waals surface area contributed by atoms with E-state index in [1.165, 1.54) is 17.0 Å². The lowest BCUT2D eigenvalue weighted by Gasteiger charge is -2.28. The maximum absolute atomic E-state index is 13.4. The fourth-order valence-corrected chi connectivity index (χ4v) is 4.05. The Labute approximate surface area is 199 Å². The molecule has 0 bridgehead atoms. The molecule has 1 heterocycles. The normalized spacial score (nSPS) is 15.8. The molecule has 162 valence electrons. The summed E-state index contributed by atoms with van der Waals surface area (Å²) in [7, 11) is 0. The molecular weight excluding hydrogens is 522 g/mol. The van der Waals surface area contributed by atoms with Gasteiger partial charge in [-0.2, -0.15) is 0 Å². The Hall–Kier alpha value is -3.07. The summed E-state index contributed by atoms with van der Waals surface area (Å²) in [5.41, 5.74) is 2.57. The van der Waals surface area contributed by atoms with Crippen molar-refractivity contribution in [2.45, 2.75) is 25.9 Å². The second-order valence-corrected chi connectivity index (χ2v) is 8.93. The molecule has 7 heteroatoms. The molecule has 1 unspecified atom stereocenters. The zero-order chi connectivity index (χ0) is 22.8. The predicted molar refractivity (Wildman–Crippen MR) is 128 cm³/mol. The van der Waals surface area contributed by atoms with Gasteiger partial charge >= 0.3 is 0 Å². The van der Waals surface area contributed by atoms with Gasteiger partial charge in [0.1, 0.15) is 11.9 Å². The molecule has 5 nitrogen and oxygen atoms in total. The number of halogens is 2. The molecule has 1 aliphatic heterocycles. The van der Waals surface area contributed by atoms with E-state index in [-0.39, 0.29) is 30.6 Å². The third-order valence-corrected chi connectivity index (χ3v) is 6.13. The average Bonchev–Trinajstić information content (AvgIpc) is 3.08. The number of imide groups is 1. The molecule has 3 aromatic rings. The first-order valence-corrected chi connectivity index (χ1v) is 11.2. The summed E-state index contributed by atoms with van der Waals surface area (Å²) in [5, 5.41) is 0. The van der Waals surface area contributed by atoms with Crippen LogP contribution in [0.2, 0.25) is 0 Å². The topological polar surface area (TPSA) is 57.7 Å². The number of benzene rings is 3. The van der Waals surface area contributed by atoms with Crippen LogP contribution in [0.5, 0.6) is 0 Å².